The van der Waals surface area contributed by atoms with Gasteiger partial charge in [0.25, 0.3) is 0 Å². The molecule has 0 unspecified atom stereocenters. The maximum atomic E-state index is 8.77. The summed E-state index contributed by atoms with van der Waals surface area (Å²) in [7, 11) is 0. The molecule has 2 aromatic rings. The minimum absolute atomic E-state index is 0.494. The molecule has 0 N–H and O–H groups in total. The van der Waals surface area contributed by atoms with Crippen molar-refractivity contribution in [3.8, 4) is 11.8 Å². The summed E-state index contributed by atoms with van der Waals surface area (Å²) in [4.78, 5) is 0. The first-order chi connectivity index (χ1) is 9.63. The van der Waals surface area contributed by atoms with Crippen molar-refractivity contribution in [1.29, 1.82) is 5.26 Å². The van der Waals surface area contributed by atoms with Crippen LogP contribution in [0.3, 0.4) is 0 Å². The number of ether oxygens (including phenoxy) is 1. The third kappa shape index (κ3) is 3.31. The summed E-state index contributed by atoms with van der Waals surface area (Å²) in [5, 5.41) is 8.77. The second-order valence-corrected chi connectivity index (χ2v) is 5.06. The average molecular weight is 286 g/mol. The topological polar surface area (TPSA) is 33.0 Å². The molecule has 0 spiro atoms. The van der Waals surface area contributed by atoms with Gasteiger partial charge in [-0.2, -0.15) is 5.26 Å². The number of benzene rings is 2. The Labute approximate surface area is 124 Å². The molecule has 0 aliphatic heterocycles. The minimum Gasteiger partial charge on any atom is -0.488 e. The molecule has 0 atom stereocenters. The maximum absolute atomic E-state index is 8.77. The van der Waals surface area contributed by atoms with Crippen LogP contribution in [0.15, 0.2) is 36.4 Å². The molecule has 0 amide bonds. The van der Waals surface area contributed by atoms with Crippen molar-refractivity contribution >= 4 is 11.6 Å². The molecule has 0 aromatic heterocycles. The molecular weight excluding hydrogens is 270 g/mol. The van der Waals surface area contributed by atoms with Gasteiger partial charge in [-0.1, -0.05) is 24.3 Å². The second kappa shape index (κ2) is 6.45. The first-order valence-electron chi connectivity index (χ1n) is 6.42. The summed E-state index contributed by atoms with van der Waals surface area (Å²) < 4.78 is 5.90. The largest absolute Gasteiger partial charge is 0.488 e. The van der Waals surface area contributed by atoms with Crippen molar-refractivity contribution in [2.75, 3.05) is 0 Å². The SMILES string of the molecule is Cc1cc(CCl)cc(C)c1OCc1ccc(C#N)cc1. The molecule has 0 aliphatic carbocycles. The van der Waals surface area contributed by atoms with Crippen molar-refractivity contribution in [3.63, 3.8) is 0 Å². The first kappa shape index (κ1) is 14.4. The Morgan fingerprint density at radius 2 is 1.65 bits per heavy atom. The van der Waals surface area contributed by atoms with Crippen LogP contribution in [0.5, 0.6) is 5.75 Å². The van der Waals surface area contributed by atoms with E-state index >= 15 is 0 Å². The van der Waals surface area contributed by atoms with Gasteiger partial charge in [0.2, 0.25) is 0 Å². The zero-order valence-electron chi connectivity index (χ0n) is 11.6. The first-order valence-corrected chi connectivity index (χ1v) is 6.95. The summed E-state index contributed by atoms with van der Waals surface area (Å²) in [6.07, 6.45) is 0. The zero-order chi connectivity index (χ0) is 14.5. The smallest absolute Gasteiger partial charge is 0.125 e. The van der Waals surface area contributed by atoms with Crippen LogP contribution in [0, 0.1) is 25.2 Å². The van der Waals surface area contributed by atoms with Crippen molar-refractivity contribution < 1.29 is 4.74 Å². The number of nitriles is 1. The van der Waals surface area contributed by atoms with Gasteiger partial charge in [-0.3, -0.25) is 0 Å². The van der Waals surface area contributed by atoms with E-state index in [-0.39, 0.29) is 0 Å². The fourth-order valence-electron chi connectivity index (χ4n) is 2.18. The number of hydrogen-bond acceptors (Lipinski definition) is 2. The highest BCUT2D eigenvalue weighted by atomic mass is 35.5. The Hall–Kier alpha value is -1.98. The van der Waals surface area contributed by atoms with E-state index in [1.165, 1.54) is 0 Å². The van der Waals surface area contributed by atoms with E-state index in [9.17, 15) is 0 Å². The Morgan fingerprint density at radius 3 is 2.15 bits per heavy atom. The Kier molecular flexibility index (Phi) is 4.65. The lowest BCUT2D eigenvalue weighted by atomic mass is 10.1. The number of nitrogens with zero attached hydrogens (tertiary/aromatic N) is 1. The monoisotopic (exact) mass is 285 g/mol. The van der Waals surface area contributed by atoms with Crippen LogP contribution >= 0.6 is 11.6 Å². The van der Waals surface area contributed by atoms with E-state index in [1.807, 2.05) is 38.1 Å². The fourth-order valence-corrected chi connectivity index (χ4v) is 2.33. The number of aryl methyl sites for hydroxylation is 2. The van der Waals surface area contributed by atoms with Crippen molar-refractivity contribution in [1.82, 2.24) is 0 Å². The average Bonchev–Trinajstić information content (AvgIpc) is 2.46. The van der Waals surface area contributed by atoms with Crippen molar-refractivity contribution in [2.45, 2.75) is 26.3 Å². The number of hydrogen-bond donors (Lipinski definition) is 0. The van der Waals surface area contributed by atoms with Gasteiger partial charge in [-0.15, -0.1) is 11.6 Å². The Bertz CT molecular complexity index is 618. The Balaban J connectivity index is 2.12. The molecule has 0 fully saturated rings. The maximum Gasteiger partial charge on any atom is 0.125 e. The van der Waals surface area contributed by atoms with Crippen LogP contribution in [0.25, 0.3) is 0 Å². The summed E-state index contributed by atoms with van der Waals surface area (Å²) in [5.41, 5.74) is 4.99. The Morgan fingerprint density at radius 1 is 1.05 bits per heavy atom. The molecule has 2 rings (SSSR count). The summed E-state index contributed by atoms with van der Waals surface area (Å²) >= 11 is 5.86. The fraction of sp³-hybridized carbons (Fsp3) is 0.235. The molecule has 0 aliphatic rings. The zero-order valence-corrected chi connectivity index (χ0v) is 12.4. The van der Waals surface area contributed by atoms with E-state index in [4.69, 9.17) is 21.6 Å². The van der Waals surface area contributed by atoms with Gasteiger partial charge in [0.15, 0.2) is 0 Å². The molecule has 102 valence electrons. The minimum atomic E-state index is 0.494. The summed E-state index contributed by atoms with van der Waals surface area (Å²) in [6, 6.07) is 13.6. The quantitative estimate of drug-likeness (QED) is 0.775. The van der Waals surface area contributed by atoms with Crippen LogP contribution in [-0.2, 0) is 12.5 Å². The third-order valence-electron chi connectivity index (χ3n) is 3.14. The molecule has 0 radical (unpaired) electrons. The van der Waals surface area contributed by atoms with Crippen molar-refractivity contribution in [3.05, 3.63) is 64.2 Å². The van der Waals surface area contributed by atoms with Gasteiger partial charge in [-0.05, 0) is 48.2 Å². The van der Waals surface area contributed by atoms with Gasteiger partial charge in [0.05, 0.1) is 11.6 Å². The van der Waals surface area contributed by atoms with Crippen LogP contribution in [0.4, 0.5) is 0 Å². The lowest BCUT2D eigenvalue weighted by molar-refractivity contribution is 0.302. The highest BCUT2D eigenvalue weighted by Gasteiger charge is 2.06. The highest BCUT2D eigenvalue weighted by molar-refractivity contribution is 6.17. The molecule has 2 aromatic carbocycles. The lowest BCUT2D eigenvalue weighted by Crippen LogP contribution is -2.00. The number of alkyl halides is 1. The summed E-state index contributed by atoms with van der Waals surface area (Å²) in [5.74, 6) is 1.42. The number of rotatable bonds is 4. The van der Waals surface area contributed by atoms with Crippen molar-refractivity contribution in [2.24, 2.45) is 0 Å². The molecule has 20 heavy (non-hydrogen) atoms. The molecule has 0 heterocycles. The van der Waals surface area contributed by atoms with Gasteiger partial charge in [0.1, 0.15) is 12.4 Å². The standard InChI is InChI=1S/C17H16ClNO/c1-12-7-16(9-18)8-13(2)17(12)20-11-15-5-3-14(10-19)4-6-15/h3-8H,9,11H2,1-2H3. The van der Waals surface area contributed by atoms with Gasteiger partial charge < -0.3 is 4.74 Å². The second-order valence-electron chi connectivity index (χ2n) is 4.79. The summed E-state index contributed by atoms with van der Waals surface area (Å²) in [6.45, 7) is 4.54. The van der Waals surface area contributed by atoms with E-state index in [1.54, 1.807) is 12.1 Å². The van der Waals surface area contributed by atoms with Crippen LogP contribution < -0.4 is 4.74 Å². The normalized spacial score (nSPS) is 10.1. The van der Waals surface area contributed by atoms with Crippen LogP contribution in [0.1, 0.15) is 27.8 Å². The molecule has 0 bridgehead atoms. The lowest BCUT2D eigenvalue weighted by Gasteiger charge is -2.13. The molecular formula is C17H16ClNO. The number of halogens is 1. The molecule has 3 heteroatoms. The third-order valence-corrected chi connectivity index (χ3v) is 3.45. The predicted octanol–water partition coefficient (Wildman–Crippen LogP) is 4.49. The van der Waals surface area contributed by atoms with E-state index < -0.39 is 0 Å². The molecule has 0 saturated heterocycles. The van der Waals surface area contributed by atoms with Crippen LogP contribution in [0.2, 0.25) is 0 Å². The van der Waals surface area contributed by atoms with Gasteiger partial charge in [-0.25, -0.2) is 0 Å². The van der Waals surface area contributed by atoms with Gasteiger partial charge in [0, 0.05) is 5.88 Å². The highest BCUT2D eigenvalue weighted by Crippen LogP contribution is 2.26. The predicted molar refractivity (Wildman–Crippen MR) is 81.0 cm³/mol. The van der Waals surface area contributed by atoms with Gasteiger partial charge >= 0.3 is 0 Å². The van der Waals surface area contributed by atoms with Crippen LogP contribution in [-0.4, -0.2) is 0 Å². The molecule has 2 nitrogen and oxygen atoms in total. The molecule has 0 saturated carbocycles. The van der Waals surface area contributed by atoms with E-state index in [2.05, 4.69) is 6.07 Å². The van der Waals surface area contributed by atoms with E-state index in [0.717, 1.165) is 28.0 Å². The van der Waals surface area contributed by atoms with E-state index in [0.29, 0.717) is 18.1 Å².